The Hall–Kier alpha value is -2.89. The zero-order chi connectivity index (χ0) is 19.9. The zero-order valence-electron chi connectivity index (χ0n) is 14.6. The van der Waals surface area contributed by atoms with Gasteiger partial charge in [-0.15, -0.1) is 16.4 Å². The van der Waals surface area contributed by atoms with Gasteiger partial charge in [0, 0.05) is 37.3 Å². The number of fused-ring (bicyclic) bond motifs is 1. The van der Waals surface area contributed by atoms with Gasteiger partial charge in [-0.1, -0.05) is 5.16 Å². The first-order valence-corrected chi connectivity index (χ1v) is 9.04. The Bertz CT molecular complexity index is 1010. The molecule has 1 aliphatic rings. The van der Waals surface area contributed by atoms with Crippen molar-refractivity contribution in [1.29, 1.82) is 0 Å². The van der Waals surface area contributed by atoms with Crippen LogP contribution in [0.5, 0.6) is 5.88 Å². The number of thiophene rings is 1. The molecule has 0 aliphatic carbocycles. The van der Waals surface area contributed by atoms with Crippen LogP contribution < -0.4 is 4.74 Å². The lowest BCUT2D eigenvalue weighted by molar-refractivity contribution is -0.159. The highest BCUT2D eigenvalue weighted by atomic mass is 32.1. The van der Waals surface area contributed by atoms with Crippen LogP contribution in [0.1, 0.15) is 16.3 Å². The molecule has 28 heavy (non-hydrogen) atoms. The molecule has 0 aromatic carbocycles. The third-order valence-corrected chi connectivity index (χ3v) is 5.37. The molecule has 3 aromatic heterocycles. The van der Waals surface area contributed by atoms with E-state index in [1.165, 1.54) is 11.3 Å². The van der Waals surface area contributed by atoms with E-state index in [2.05, 4.69) is 19.8 Å². The van der Waals surface area contributed by atoms with Gasteiger partial charge in [0.2, 0.25) is 11.7 Å². The van der Waals surface area contributed by atoms with E-state index >= 15 is 0 Å². The van der Waals surface area contributed by atoms with Gasteiger partial charge in [-0.2, -0.15) is 18.2 Å². The Morgan fingerprint density at radius 1 is 1.43 bits per heavy atom. The minimum atomic E-state index is -4.68. The molecule has 0 unspecified atom stereocenters. The Labute approximate surface area is 160 Å². The summed E-state index contributed by atoms with van der Waals surface area (Å²) >= 11 is 1.30. The fourth-order valence-corrected chi connectivity index (χ4v) is 3.88. The monoisotopic (exact) mass is 413 g/mol. The Kier molecular flexibility index (Phi) is 4.57. The maximum atomic E-state index is 12.6. The number of aryl methyl sites for hydroxylation is 1. The van der Waals surface area contributed by atoms with Crippen molar-refractivity contribution in [3.05, 3.63) is 34.7 Å². The van der Waals surface area contributed by atoms with Crippen LogP contribution in [-0.2, 0) is 31.0 Å². The van der Waals surface area contributed by atoms with Crippen LogP contribution in [0, 0.1) is 0 Å². The molecule has 0 saturated carbocycles. The van der Waals surface area contributed by atoms with E-state index in [-0.39, 0.29) is 18.3 Å². The summed E-state index contributed by atoms with van der Waals surface area (Å²) < 4.78 is 49.1. The molecule has 12 heteroatoms. The minimum Gasteiger partial charge on any atom is -0.467 e. The quantitative estimate of drug-likeness (QED) is 0.653. The molecule has 8 nitrogen and oxygen atoms in total. The molecule has 0 saturated heterocycles. The Morgan fingerprint density at radius 2 is 2.25 bits per heavy atom. The number of nitrogens with zero attached hydrogens (tertiary/aromatic N) is 5. The average molecular weight is 413 g/mol. The normalized spacial score (nSPS) is 14.2. The first kappa shape index (κ1) is 18.5. The SMILES string of the molecule is Cn1ccc(OCC(=O)N2CCc3sc(-c4noc(C(F)(F)F)n4)cc3C2)n1. The van der Waals surface area contributed by atoms with Crippen molar-refractivity contribution in [3.8, 4) is 16.6 Å². The highest BCUT2D eigenvalue weighted by Crippen LogP contribution is 2.35. The van der Waals surface area contributed by atoms with Gasteiger partial charge in [0.25, 0.3) is 5.91 Å². The Morgan fingerprint density at radius 3 is 2.93 bits per heavy atom. The van der Waals surface area contributed by atoms with Gasteiger partial charge in [0.05, 0.1) is 4.88 Å². The molecule has 0 atom stereocenters. The topological polar surface area (TPSA) is 86.3 Å². The Balaban J connectivity index is 1.43. The number of amides is 1. The van der Waals surface area contributed by atoms with Gasteiger partial charge < -0.3 is 14.2 Å². The van der Waals surface area contributed by atoms with Crippen molar-refractivity contribution < 1.29 is 27.2 Å². The van der Waals surface area contributed by atoms with Gasteiger partial charge >= 0.3 is 12.1 Å². The highest BCUT2D eigenvalue weighted by molar-refractivity contribution is 7.15. The fourth-order valence-electron chi connectivity index (χ4n) is 2.79. The van der Waals surface area contributed by atoms with Crippen molar-refractivity contribution in [3.63, 3.8) is 0 Å². The van der Waals surface area contributed by atoms with Crippen molar-refractivity contribution in [2.75, 3.05) is 13.2 Å². The molecule has 0 N–H and O–H groups in total. The van der Waals surface area contributed by atoms with E-state index in [9.17, 15) is 18.0 Å². The second-order valence-corrected chi connectivity index (χ2v) is 7.30. The number of rotatable bonds is 4. The lowest BCUT2D eigenvalue weighted by Crippen LogP contribution is -2.38. The lowest BCUT2D eigenvalue weighted by atomic mass is 10.1. The van der Waals surface area contributed by atoms with Gasteiger partial charge in [-0.3, -0.25) is 9.48 Å². The number of alkyl halides is 3. The van der Waals surface area contributed by atoms with E-state index < -0.39 is 12.1 Å². The molecule has 0 spiro atoms. The molecule has 4 rings (SSSR count). The molecule has 148 valence electrons. The van der Waals surface area contributed by atoms with Gasteiger partial charge in [0.15, 0.2) is 6.61 Å². The number of halogens is 3. The second kappa shape index (κ2) is 6.93. The van der Waals surface area contributed by atoms with Crippen molar-refractivity contribution in [2.24, 2.45) is 7.05 Å². The number of carbonyl (C=O) groups is 1. The van der Waals surface area contributed by atoms with E-state index in [4.69, 9.17) is 4.74 Å². The molecule has 1 aliphatic heterocycles. The van der Waals surface area contributed by atoms with E-state index in [1.807, 2.05) is 0 Å². The number of hydrogen-bond acceptors (Lipinski definition) is 7. The average Bonchev–Trinajstić information content (AvgIpc) is 3.36. The summed E-state index contributed by atoms with van der Waals surface area (Å²) in [7, 11) is 1.75. The number of carbonyl (C=O) groups excluding carboxylic acids is 1. The van der Waals surface area contributed by atoms with Crippen LogP contribution in [0.25, 0.3) is 10.7 Å². The summed E-state index contributed by atoms with van der Waals surface area (Å²) in [5, 5.41) is 7.45. The molecule has 0 fully saturated rings. The molecular weight excluding hydrogens is 399 g/mol. The maximum Gasteiger partial charge on any atom is 0.471 e. The van der Waals surface area contributed by atoms with Crippen LogP contribution >= 0.6 is 11.3 Å². The van der Waals surface area contributed by atoms with Crippen LogP contribution in [0.3, 0.4) is 0 Å². The summed E-state index contributed by atoms with van der Waals surface area (Å²) in [4.78, 5) is 18.9. The maximum absolute atomic E-state index is 12.6. The third kappa shape index (κ3) is 3.72. The van der Waals surface area contributed by atoms with E-state index in [0.29, 0.717) is 30.3 Å². The lowest BCUT2D eigenvalue weighted by Gasteiger charge is -2.26. The summed E-state index contributed by atoms with van der Waals surface area (Å²) in [6.45, 7) is 0.709. The summed E-state index contributed by atoms with van der Waals surface area (Å²) in [6, 6.07) is 3.36. The summed E-state index contributed by atoms with van der Waals surface area (Å²) in [5.74, 6) is -1.31. The van der Waals surface area contributed by atoms with E-state index in [0.717, 1.165) is 10.4 Å². The summed E-state index contributed by atoms with van der Waals surface area (Å²) in [5.41, 5.74) is 0.857. The summed E-state index contributed by atoms with van der Waals surface area (Å²) in [6.07, 6.45) is -2.37. The smallest absolute Gasteiger partial charge is 0.467 e. The highest BCUT2D eigenvalue weighted by Gasteiger charge is 2.38. The largest absolute Gasteiger partial charge is 0.471 e. The predicted octanol–water partition coefficient (Wildman–Crippen LogP) is 2.51. The van der Waals surface area contributed by atoms with Crippen molar-refractivity contribution in [2.45, 2.75) is 19.1 Å². The zero-order valence-corrected chi connectivity index (χ0v) is 15.4. The van der Waals surface area contributed by atoms with Crippen molar-refractivity contribution >= 4 is 17.2 Å². The molecule has 4 heterocycles. The van der Waals surface area contributed by atoms with Gasteiger partial charge in [-0.05, 0) is 18.1 Å². The van der Waals surface area contributed by atoms with Crippen LogP contribution in [0.4, 0.5) is 13.2 Å². The van der Waals surface area contributed by atoms with Gasteiger partial charge in [0.1, 0.15) is 0 Å². The minimum absolute atomic E-state index is 0.108. The molecule has 3 aromatic rings. The molecule has 1 amide bonds. The van der Waals surface area contributed by atoms with Gasteiger partial charge in [-0.25, -0.2) is 0 Å². The first-order chi connectivity index (χ1) is 13.3. The second-order valence-electron chi connectivity index (χ2n) is 6.16. The van der Waals surface area contributed by atoms with Crippen molar-refractivity contribution in [1.82, 2.24) is 24.8 Å². The van der Waals surface area contributed by atoms with Crippen LogP contribution in [-0.4, -0.2) is 43.9 Å². The van der Waals surface area contributed by atoms with Crippen LogP contribution in [0.2, 0.25) is 0 Å². The standard InChI is InChI=1S/C16H14F3N5O3S/c1-23-4-3-12(21-23)26-8-13(25)24-5-2-10-9(7-24)6-11(28-10)14-20-15(27-22-14)16(17,18)19/h3-4,6H,2,5,7-8H2,1H3. The van der Waals surface area contributed by atoms with Crippen LogP contribution in [0.15, 0.2) is 22.9 Å². The third-order valence-electron chi connectivity index (χ3n) is 4.14. The predicted molar refractivity (Wildman–Crippen MR) is 90.4 cm³/mol. The molecular formula is C16H14F3N5O3S. The number of aromatic nitrogens is 4. The molecule has 0 radical (unpaired) electrons. The first-order valence-electron chi connectivity index (χ1n) is 8.22. The molecule has 0 bridgehead atoms. The fraction of sp³-hybridized carbons (Fsp3) is 0.375. The number of ether oxygens (including phenoxy) is 1. The van der Waals surface area contributed by atoms with E-state index in [1.54, 1.807) is 35.0 Å². The number of hydrogen-bond donors (Lipinski definition) is 0.